The first-order valence-electron chi connectivity index (χ1n) is 6.80. The molecule has 1 aromatic carbocycles. The maximum absolute atomic E-state index is 11.8. The summed E-state index contributed by atoms with van der Waals surface area (Å²) in [6.45, 7) is 1.71. The molecule has 1 atom stereocenters. The van der Waals surface area contributed by atoms with Gasteiger partial charge in [-0.3, -0.25) is 4.79 Å². The number of hydrogen-bond acceptors (Lipinski definition) is 3. The normalized spacial score (nSPS) is 12.0. The molecule has 22 heavy (non-hydrogen) atoms. The van der Waals surface area contributed by atoms with Crippen LogP contribution in [-0.2, 0) is 9.53 Å². The van der Waals surface area contributed by atoms with Gasteiger partial charge in [-0.2, -0.15) is 4.57 Å². The van der Waals surface area contributed by atoms with Gasteiger partial charge in [-0.05, 0) is 17.7 Å². The molecule has 1 heterocycles. The summed E-state index contributed by atoms with van der Waals surface area (Å²) < 4.78 is 6.88. The summed E-state index contributed by atoms with van der Waals surface area (Å²) >= 11 is 0. The number of carbonyl (C=O) groups excluding carboxylic acids is 2. The molecular weight excluding hydrogens is 280 g/mol. The van der Waals surface area contributed by atoms with Crippen LogP contribution in [-0.4, -0.2) is 11.9 Å². The van der Waals surface area contributed by atoms with Gasteiger partial charge in [0.2, 0.25) is 0 Å². The minimum Gasteiger partial charge on any atom is -0.399 e. The third-order valence-electron chi connectivity index (χ3n) is 3.02. The van der Waals surface area contributed by atoms with Gasteiger partial charge in [-0.15, -0.1) is 0 Å². The predicted molar refractivity (Wildman–Crippen MR) is 81.4 cm³/mol. The van der Waals surface area contributed by atoms with Crippen molar-refractivity contribution >= 4 is 18.0 Å². The third-order valence-corrected chi connectivity index (χ3v) is 3.02. The summed E-state index contributed by atoms with van der Waals surface area (Å²) in [4.78, 5) is 23.0. The van der Waals surface area contributed by atoms with Crippen LogP contribution in [0.2, 0.25) is 0 Å². The molecule has 0 saturated heterocycles. The molecule has 2 N–H and O–H groups in total. The zero-order valence-electron chi connectivity index (χ0n) is 12.2. The minimum absolute atomic E-state index is 0.352. The molecule has 0 radical (unpaired) electrons. The zero-order chi connectivity index (χ0) is 15.9. The summed E-state index contributed by atoms with van der Waals surface area (Å²) in [6.07, 6.45) is 5.74. The summed E-state index contributed by atoms with van der Waals surface area (Å²) in [5.41, 5.74) is 6.49. The van der Waals surface area contributed by atoms with Gasteiger partial charge in [0, 0.05) is 19.1 Å². The average Bonchev–Trinajstić information content (AvgIpc) is 2.54. The standard InChI is InChI=1S/C17H16N2O3/c1-13(19-11-5-8-15(12-19)17(18)21)22-16(20)10-9-14-6-3-2-4-7-14/h2-13H,1H3,(H-,18,21)/p+1. The Hall–Kier alpha value is -2.95. The van der Waals surface area contributed by atoms with E-state index in [-0.39, 0.29) is 0 Å². The van der Waals surface area contributed by atoms with Crippen LogP contribution in [0.1, 0.15) is 29.1 Å². The molecule has 1 unspecified atom stereocenters. The number of nitrogens with zero attached hydrogens (tertiary/aromatic N) is 1. The van der Waals surface area contributed by atoms with E-state index in [4.69, 9.17) is 10.5 Å². The van der Waals surface area contributed by atoms with Gasteiger partial charge < -0.3 is 10.5 Å². The highest BCUT2D eigenvalue weighted by Gasteiger charge is 2.17. The molecule has 0 bridgehead atoms. The number of benzene rings is 1. The number of carbonyl (C=O) groups is 2. The third kappa shape index (κ3) is 4.28. The lowest BCUT2D eigenvalue weighted by Crippen LogP contribution is -2.40. The molecular formula is C17H17N2O3+. The molecule has 0 aliphatic heterocycles. The highest BCUT2D eigenvalue weighted by molar-refractivity contribution is 5.92. The Morgan fingerprint density at radius 2 is 1.91 bits per heavy atom. The van der Waals surface area contributed by atoms with Crippen molar-refractivity contribution in [3.63, 3.8) is 0 Å². The lowest BCUT2D eigenvalue weighted by atomic mass is 10.2. The number of primary amides is 1. The lowest BCUT2D eigenvalue weighted by molar-refractivity contribution is -0.753. The molecule has 0 aliphatic carbocycles. The number of pyridine rings is 1. The number of esters is 1. The summed E-state index contributed by atoms with van der Waals surface area (Å²) in [5, 5.41) is 0. The number of hydrogen-bond donors (Lipinski definition) is 1. The van der Waals surface area contributed by atoms with Crippen LogP contribution in [0.4, 0.5) is 0 Å². The van der Waals surface area contributed by atoms with E-state index in [1.807, 2.05) is 30.3 Å². The SMILES string of the molecule is CC(OC(=O)C=Cc1ccccc1)[n+]1cccc(C(N)=O)c1. The Bertz CT molecular complexity index is 696. The topological polar surface area (TPSA) is 73.3 Å². The highest BCUT2D eigenvalue weighted by Crippen LogP contribution is 2.04. The Kier molecular flexibility index (Phi) is 5.03. The van der Waals surface area contributed by atoms with Gasteiger partial charge >= 0.3 is 12.2 Å². The van der Waals surface area contributed by atoms with Gasteiger partial charge in [-0.25, -0.2) is 4.79 Å². The molecule has 0 spiro atoms. The first-order valence-corrected chi connectivity index (χ1v) is 6.80. The van der Waals surface area contributed by atoms with Crippen LogP contribution in [0, 0.1) is 0 Å². The van der Waals surface area contributed by atoms with E-state index < -0.39 is 18.1 Å². The fourth-order valence-corrected chi connectivity index (χ4v) is 1.86. The second-order valence-corrected chi connectivity index (χ2v) is 4.68. The lowest BCUT2D eigenvalue weighted by Gasteiger charge is -2.07. The van der Waals surface area contributed by atoms with Crippen LogP contribution >= 0.6 is 0 Å². The van der Waals surface area contributed by atoms with Gasteiger partial charge in [0.15, 0.2) is 12.4 Å². The fourth-order valence-electron chi connectivity index (χ4n) is 1.86. The smallest absolute Gasteiger partial charge is 0.335 e. The molecule has 0 fully saturated rings. The number of aromatic nitrogens is 1. The second-order valence-electron chi connectivity index (χ2n) is 4.68. The maximum atomic E-state index is 11.8. The van der Waals surface area contributed by atoms with Gasteiger partial charge in [0.25, 0.3) is 5.91 Å². The van der Waals surface area contributed by atoms with Crippen LogP contribution in [0.25, 0.3) is 6.08 Å². The zero-order valence-corrected chi connectivity index (χ0v) is 12.2. The Morgan fingerprint density at radius 3 is 2.59 bits per heavy atom. The van der Waals surface area contributed by atoms with E-state index in [1.165, 1.54) is 6.08 Å². The van der Waals surface area contributed by atoms with Crippen molar-refractivity contribution in [2.45, 2.75) is 13.2 Å². The van der Waals surface area contributed by atoms with Crippen LogP contribution in [0.3, 0.4) is 0 Å². The van der Waals surface area contributed by atoms with E-state index in [9.17, 15) is 9.59 Å². The molecule has 1 amide bonds. The predicted octanol–water partition coefficient (Wildman–Crippen LogP) is 1.85. The molecule has 1 aromatic heterocycles. The summed E-state index contributed by atoms with van der Waals surface area (Å²) in [7, 11) is 0. The molecule has 5 heteroatoms. The van der Waals surface area contributed by atoms with Crippen molar-refractivity contribution in [1.82, 2.24) is 0 Å². The number of ether oxygens (including phenoxy) is 1. The van der Waals surface area contributed by atoms with Gasteiger partial charge in [0.1, 0.15) is 5.56 Å². The van der Waals surface area contributed by atoms with E-state index in [0.29, 0.717) is 5.56 Å². The van der Waals surface area contributed by atoms with Crippen molar-refractivity contribution in [2.24, 2.45) is 5.73 Å². The van der Waals surface area contributed by atoms with Crippen molar-refractivity contribution in [3.8, 4) is 0 Å². The molecule has 0 saturated carbocycles. The van der Waals surface area contributed by atoms with Crippen LogP contribution in [0.5, 0.6) is 0 Å². The van der Waals surface area contributed by atoms with E-state index >= 15 is 0 Å². The molecule has 112 valence electrons. The molecule has 2 rings (SSSR count). The number of amides is 1. The Labute approximate surface area is 128 Å². The van der Waals surface area contributed by atoms with E-state index in [1.54, 1.807) is 42.1 Å². The monoisotopic (exact) mass is 297 g/mol. The van der Waals surface area contributed by atoms with E-state index in [2.05, 4.69) is 0 Å². The van der Waals surface area contributed by atoms with Gasteiger partial charge in [-0.1, -0.05) is 30.3 Å². The van der Waals surface area contributed by atoms with Crippen molar-refractivity contribution < 1.29 is 18.9 Å². The van der Waals surface area contributed by atoms with E-state index in [0.717, 1.165) is 5.56 Å². The van der Waals surface area contributed by atoms with Crippen LogP contribution < -0.4 is 10.3 Å². The molecule has 0 aliphatic rings. The number of rotatable bonds is 5. The minimum atomic E-state index is -0.549. The highest BCUT2D eigenvalue weighted by atomic mass is 16.6. The van der Waals surface area contributed by atoms with Crippen molar-refractivity contribution in [2.75, 3.05) is 0 Å². The van der Waals surface area contributed by atoms with Crippen LogP contribution in [0.15, 0.2) is 60.9 Å². The Balaban J connectivity index is 2.01. The Morgan fingerprint density at radius 1 is 1.18 bits per heavy atom. The first kappa shape index (κ1) is 15.4. The van der Waals surface area contributed by atoms with Crippen molar-refractivity contribution in [1.29, 1.82) is 0 Å². The largest absolute Gasteiger partial charge is 0.399 e. The van der Waals surface area contributed by atoms with Gasteiger partial charge in [0.05, 0.1) is 0 Å². The number of nitrogens with two attached hydrogens (primary N) is 1. The average molecular weight is 297 g/mol. The first-order chi connectivity index (χ1) is 10.6. The summed E-state index contributed by atoms with van der Waals surface area (Å²) in [5.74, 6) is -0.995. The fraction of sp³-hybridized carbons (Fsp3) is 0.118. The van der Waals surface area contributed by atoms with Crippen molar-refractivity contribution in [3.05, 3.63) is 72.1 Å². The summed E-state index contributed by atoms with van der Waals surface area (Å²) in [6, 6.07) is 12.7. The second kappa shape index (κ2) is 7.17. The quantitative estimate of drug-likeness (QED) is 0.520. The molecule has 5 nitrogen and oxygen atoms in total. The molecule has 2 aromatic rings. The maximum Gasteiger partial charge on any atom is 0.335 e.